The first-order valence-corrected chi connectivity index (χ1v) is 19.5. The molecule has 1 atom stereocenters. The van der Waals surface area contributed by atoms with Crippen LogP contribution in [0.15, 0.2) is 72.9 Å². The van der Waals surface area contributed by atoms with E-state index in [9.17, 15) is 19.2 Å². The topological polar surface area (TPSA) is 146 Å². The Morgan fingerprint density at radius 3 is 2.29 bits per heavy atom. The molecule has 13 nitrogen and oxygen atoms in total. The van der Waals surface area contributed by atoms with Crippen LogP contribution in [0.1, 0.15) is 82.6 Å². The Balaban J connectivity index is 0.769. The van der Waals surface area contributed by atoms with Crippen LogP contribution in [0.3, 0.4) is 0 Å². The molecule has 9 rings (SSSR count). The quantitative estimate of drug-likeness (QED) is 0.231. The predicted octanol–water partition coefficient (Wildman–Crippen LogP) is 4.62. The molecule has 5 aliphatic rings. The van der Waals surface area contributed by atoms with Gasteiger partial charge in [0.15, 0.2) is 0 Å². The lowest BCUT2D eigenvalue weighted by Gasteiger charge is -2.36. The number of hydrogen-bond donors (Lipinski definition) is 2. The van der Waals surface area contributed by atoms with Gasteiger partial charge in [-0.25, -0.2) is 9.97 Å². The Morgan fingerprint density at radius 1 is 0.839 bits per heavy atom. The second kappa shape index (κ2) is 14.4. The van der Waals surface area contributed by atoms with Gasteiger partial charge in [-0.3, -0.25) is 29.4 Å². The van der Waals surface area contributed by atoms with Gasteiger partial charge in [-0.05, 0) is 60.0 Å². The van der Waals surface area contributed by atoms with Crippen molar-refractivity contribution in [3.05, 3.63) is 106 Å². The number of aromatic nitrogens is 2. The van der Waals surface area contributed by atoms with Crippen molar-refractivity contribution in [1.29, 1.82) is 0 Å². The van der Waals surface area contributed by atoms with Crippen LogP contribution in [0, 0.1) is 0 Å². The van der Waals surface area contributed by atoms with Gasteiger partial charge in [0.25, 0.3) is 11.8 Å². The summed E-state index contributed by atoms with van der Waals surface area (Å²) in [5, 5.41) is 5.69. The van der Waals surface area contributed by atoms with Gasteiger partial charge in [-0.1, -0.05) is 38.1 Å². The number of benzene rings is 3. The zero-order chi connectivity index (χ0) is 38.6. The maximum atomic E-state index is 13.2. The molecular weight excluding hydrogens is 711 g/mol. The molecular formula is C43H45N7O6. The minimum absolute atomic E-state index is 0.0553. The highest BCUT2D eigenvalue weighted by Gasteiger charge is 2.45. The summed E-state index contributed by atoms with van der Waals surface area (Å²) < 4.78 is 11.8. The molecule has 5 heterocycles. The first-order chi connectivity index (χ1) is 27.1. The minimum Gasteiger partial charge on any atom is -0.490 e. The summed E-state index contributed by atoms with van der Waals surface area (Å²) in [7, 11) is 0. The van der Waals surface area contributed by atoms with Crippen LogP contribution < -0.4 is 25.2 Å². The number of amides is 4. The number of nitrogens with zero attached hydrogens (tertiary/aromatic N) is 5. The van der Waals surface area contributed by atoms with Gasteiger partial charge in [0.2, 0.25) is 17.8 Å². The summed E-state index contributed by atoms with van der Waals surface area (Å²) in [6, 6.07) is 21.5. The van der Waals surface area contributed by atoms with E-state index in [4.69, 9.17) is 14.5 Å². The highest BCUT2D eigenvalue weighted by Crippen LogP contribution is 2.36. The van der Waals surface area contributed by atoms with Crippen molar-refractivity contribution >= 4 is 41.0 Å². The molecule has 2 saturated heterocycles. The SMILES string of the molecule is CC(C)(c1ccc(OC2CC(Nc3ccc4c(c3)C(=O)N(C3CCC(=O)NC3=O)C4=O)C2)cc1)c1ccc(N2CCc3nc(N4CCOCC4)ncc3C2)cc1. The van der Waals surface area contributed by atoms with E-state index < -0.39 is 29.7 Å². The number of rotatable bonds is 9. The largest absolute Gasteiger partial charge is 0.490 e. The van der Waals surface area contributed by atoms with Gasteiger partial charge in [0.1, 0.15) is 17.9 Å². The molecule has 288 valence electrons. The zero-order valence-electron chi connectivity index (χ0n) is 31.6. The van der Waals surface area contributed by atoms with Crippen LogP contribution >= 0.6 is 0 Å². The molecule has 1 saturated carbocycles. The summed E-state index contributed by atoms with van der Waals surface area (Å²) >= 11 is 0. The number of ether oxygens (including phenoxy) is 2. The second-order valence-corrected chi connectivity index (χ2v) is 15.9. The van der Waals surface area contributed by atoms with Crippen molar-refractivity contribution < 1.29 is 28.7 Å². The molecule has 0 bridgehead atoms. The van der Waals surface area contributed by atoms with Gasteiger partial charge in [0, 0.05) is 86.5 Å². The lowest BCUT2D eigenvalue weighted by atomic mass is 9.78. The van der Waals surface area contributed by atoms with Crippen molar-refractivity contribution in [3.8, 4) is 5.75 Å². The van der Waals surface area contributed by atoms with E-state index in [0.717, 1.165) is 86.6 Å². The third-order valence-corrected chi connectivity index (χ3v) is 12.0. The van der Waals surface area contributed by atoms with Crippen LogP contribution in [-0.2, 0) is 32.7 Å². The molecule has 4 aliphatic heterocycles. The van der Waals surface area contributed by atoms with E-state index in [1.807, 2.05) is 18.3 Å². The lowest BCUT2D eigenvalue weighted by molar-refractivity contribution is -0.136. The molecule has 13 heteroatoms. The summed E-state index contributed by atoms with van der Waals surface area (Å²) in [5.41, 5.74) is 7.01. The molecule has 4 amide bonds. The highest BCUT2D eigenvalue weighted by atomic mass is 16.5. The fraction of sp³-hybridized carbons (Fsp3) is 0.395. The van der Waals surface area contributed by atoms with Crippen LogP contribution in [0.4, 0.5) is 17.3 Å². The maximum Gasteiger partial charge on any atom is 0.262 e. The van der Waals surface area contributed by atoms with E-state index in [0.29, 0.717) is 0 Å². The minimum atomic E-state index is -0.982. The number of carbonyl (C=O) groups is 4. The van der Waals surface area contributed by atoms with Gasteiger partial charge in [-0.15, -0.1) is 0 Å². The molecule has 4 aromatic rings. The number of fused-ring (bicyclic) bond motifs is 2. The van der Waals surface area contributed by atoms with Crippen molar-refractivity contribution in [2.24, 2.45) is 0 Å². The molecule has 1 aromatic heterocycles. The van der Waals surface area contributed by atoms with Gasteiger partial charge < -0.3 is 24.6 Å². The first-order valence-electron chi connectivity index (χ1n) is 19.5. The van der Waals surface area contributed by atoms with E-state index in [-0.39, 0.29) is 41.5 Å². The lowest BCUT2D eigenvalue weighted by Crippen LogP contribution is -2.54. The predicted molar refractivity (Wildman–Crippen MR) is 209 cm³/mol. The molecule has 1 aliphatic carbocycles. The summed E-state index contributed by atoms with van der Waals surface area (Å²) in [5.74, 6) is -0.399. The van der Waals surface area contributed by atoms with Crippen LogP contribution in [0.25, 0.3) is 0 Å². The van der Waals surface area contributed by atoms with Gasteiger partial charge in [-0.2, -0.15) is 0 Å². The fourth-order valence-corrected chi connectivity index (χ4v) is 8.42. The molecule has 3 aromatic carbocycles. The van der Waals surface area contributed by atoms with Gasteiger partial charge in [0.05, 0.1) is 30.0 Å². The van der Waals surface area contributed by atoms with E-state index in [2.05, 4.69) is 75.7 Å². The van der Waals surface area contributed by atoms with Crippen LogP contribution in [-0.4, -0.2) is 89.5 Å². The van der Waals surface area contributed by atoms with E-state index >= 15 is 0 Å². The summed E-state index contributed by atoms with van der Waals surface area (Å²) in [4.78, 5) is 65.4. The van der Waals surface area contributed by atoms with Crippen LogP contribution in [0.2, 0.25) is 0 Å². The summed E-state index contributed by atoms with van der Waals surface area (Å²) in [6.07, 6.45) is 4.74. The number of imide groups is 2. The van der Waals surface area contributed by atoms with E-state index in [1.54, 1.807) is 18.2 Å². The van der Waals surface area contributed by atoms with Crippen molar-refractivity contribution in [3.63, 3.8) is 0 Å². The number of morpholine rings is 1. The number of hydrogen-bond acceptors (Lipinski definition) is 11. The van der Waals surface area contributed by atoms with Crippen LogP contribution in [0.5, 0.6) is 5.75 Å². The number of anilines is 3. The number of piperidine rings is 1. The molecule has 3 fully saturated rings. The molecule has 0 radical (unpaired) electrons. The fourth-order valence-electron chi connectivity index (χ4n) is 8.42. The Bertz CT molecular complexity index is 2200. The normalized spacial score (nSPS) is 22.3. The van der Waals surface area contributed by atoms with Crippen molar-refractivity contribution in [2.75, 3.05) is 48.0 Å². The second-order valence-electron chi connectivity index (χ2n) is 15.9. The third kappa shape index (κ3) is 6.74. The summed E-state index contributed by atoms with van der Waals surface area (Å²) in [6.45, 7) is 9.31. The Morgan fingerprint density at radius 2 is 1.55 bits per heavy atom. The van der Waals surface area contributed by atoms with E-state index in [1.165, 1.54) is 22.4 Å². The standard InChI is InChI=1S/C43H45N7O6/c1-43(2,27-3-8-31(9-4-27)49-16-15-36-26(25-49)24-44-42(46-36)48-17-19-55-20-18-48)28-5-10-32(11-6-28)56-33-21-30(22-33)45-29-7-12-34-35(23-29)41(54)50(40(34)53)37-13-14-38(51)47-39(37)52/h3-12,23-24,30,33,37,45H,13-22,25H2,1-2H3,(H,47,51,52). The third-order valence-electron chi connectivity index (χ3n) is 12.0. The Kier molecular flexibility index (Phi) is 9.19. The Labute approximate surface area is 325 Å². The maximum absolute atomic E-state index is 13.2. The molecule has 1 unspecified atom stereocenters. The zero-order valence-corrected chi connectivity index (χ0v) is 31.6. The molecule has 0 spiro atoms. The van der Waals surface area contributed by atoms with Gasteiger partial charge >= 0.3 is 0 Å². The Hall–Kier alpha value is -5.82. The van der Waals surface area contributed by atoms with Crippen molar-refractivity contribution in [1.82, 2.24) is 20.2 Å². The monoisotopic (exact) mass is 755 g/mol. The average Bonchev–Trinajstić information content (AvgIpc) is 3.45. The number of carbonyl (C=O) groups excluding carboxylic acids is 4. The van der Waals surface area contributed by atoms with Crippen molar-refractivity contribution in [2.45, 2.75) is 76.1 Å². The number of nitrogens with one attached hydrogen (secondary N) is 2. The smallest absolute Gasteiger partial charge is 0.262 e. The first kappa shape index (κ1) is 35.9. The molecule has 2 N–H and O–H groups in total. The molecule has 56 heavy (non-hydrogen) atoms. The highest BCUT2D eigenvalue weighted by molar-refractivity contribution is 6.23. The average molecular weight is 756 g/mol.